The average molecular weight is 380 g/mol. The number of nitrogens with one attached hydrogen (secondary N) is 1. The summed E-state index contributed by atoms with van der Waals surface area (Å²) in [5.41, 5.74) is 1.10. The number of nitrogens with zero attached hydrogens (tertiary/aromatic N) is 5. The number of likely N-dealkylation sites (tertiary alicyclic amines) is 1. The van der Waals surface area contributed by atoms with Gasteiger partial charge < -0.3 is 15.0 Å². The zero-order chi connectivity index (χ0) is 19.1. The van der Waals surface area contributed by atoms with Crippen LogP contribution in [0.2, 0.25) is 0 Å². The lowest BCUT2D eigenvalue weighted by Gasteiger charge is -2.23. The number of ether oxygens (including phenoxy) is 1. The highest BCUT2D eigenvalue weighted by Gasteiger charge is 2.53. The topological polar surface area (TPSA) is 67.6 Å². The van der Waals surface area contributed by atoms with E-state index in [9.17, 15) is 0 Å². The number of aromatic nitrogens is 3. The number of hydrogen-bond donors (Lipinski definition) is 1. The molecule has 0 amide bonds. The maximum absolute atomic E-state index is 6.12. The second-order valence-electron chi connectivity index (χ2n) is 8.02. The molecular formula is C21H28N6O. The number of aryl methyl sites for hydroxylation is 1. The van der Waals surface area contributed by atoms with Crippen molar-refractivity contribution in [2.24, 2.45) is 16.8 Å². The number of hydrogen-bond acceptors (Lipinski definition) is 4. The molecule has 2 aromatic heterocycles. The van der Waals surface area contributed by atoms with Crippen LogP contribution in [0.4, 0.5) is 0 Å². The van der Waals surface area contributed by atoms with Crippen LogP contribution in [0.3, 0.4) is 0 Å². The van der Waals surface area contributed by atoms with E-state index in [1.807, 2.05) is 30.0 Å². The van der Waals surface area contributed by atoms with Gasteiger partial charge in [0, 0.05) is 55.6 Å². The Kier molecular flexibility index (Phi) is 4.55. The maximum Gasteiger partial charge on any atom is 0.194 e. The third-order valence-electron chi connectivity index (χ3n) is 6.41. The van der Waals surface area contributed by atoms with Crippen molar-refractivity contribution >= 4 is 5.96 Å². The minimum absolute atomic E-state index is 0.469. The van der Waals surface area contributed by atoms with Gasteiger partial charge in [0.05, 0.1) is 18.8 Å². The van der Waals surface area contributed by atoms with E-state index in [-0.39, 0.29) is 0 Å². The number of imidazole rings is 1. The minimum Gasteiger partial charge on any atom is -0.374 e. The van der Waals surface area contributed by atoms with E-state index < -0.39 is 0 Å². The van der Waals surface area contributed by atoms with Gasteiger partial charge >= 0.3 is 0 Å². The van der Waals surface area contributed by atoms with E-state index in [0.717, 1.165) is 42.8 Å². The molecule has 0 saturated carbocycles. The second kappa shape index (κ2) is 7.20. The molecule has 3 aliphatic heterocycles. The molecule has 0 spiro atoms. The predicted molar refractivity (Wildman–Crippen MR) is 107 cm³/mol. The molecular weight excluding hydrogens is 352 g/mol. The highest BCUT2D eigenvalue weighted by molar-refractivity contribution is 5.80. The van der Waals surface area contributed by atoms with Crippen molar-refractivity contribution in [3.63, 3.8) is 0 Å². The van der Waals surface area contributed by atoms with Gasteiger partial charge in [-0.15, -0.1) is 0 Å². The van der Waals surface area contributed by atoms with Gasteiger partial charge in [0.1, 0.15) is 11.6 Å². The molecule has 148 valence electrons. The van der Waals surface area contributed by atoms with Crippen molar-refractivity contribution in [3.05, 3.63) is 42.1 Å². The Morgan fingerprint density at radius 1 is 1.21 bits per heavy atom. The van der Waals surface area contributed by atoms with Crippen LogP contribution in [-0.2, 0) is 11.3 Å². The SMILES string of the molecule is CCNC(=NCc1cccnc1-n1ccnc1C)N1CC2C3CCC(O3)C2C1. The average Bonchev–Trinajstić information content (AvgIpc) is 3.47. The van der Waals surface area contributed by atoms with Crippen LogP contribution >= 0.6 is 0 Å². The van der Waals surface area contributed by atoms with Crippen LogP contribution in [0.15, 0.2) is 35.7 Å². The molecule has 0 radical (unpaired) electrons. The fraction of sp³-hybridized carbons (Fsp3) is 0.571. The molecule has 5 rings (SSSR count). The molecule has 5 heterocycles. The van der Waals surface area contributed by atoms with E-state index in [0.29, 0.717) is 30.6 Å². The fourth-order valence-corrected chi connectivity index (χ4v) is 5.09. The summed E-state index contributed by atoms with van der Waals surface area (Å²) in [7, 11) is 0. The molecule has 28 heavy (non-hydrogen) atoms. The lowest BCUT2D eigenvalue weighted by Crippen LogP contribution is -2.41. The van der Waals surface area contributed by atoms with Crippen LogP contribution in [0, 0.1) is 18.8 Å². The highest BCUT2D eigenvalue weighted by Crippen LogP contribution is 2.47. The molecule has 3 aliphatic rings. The first-order valence-electron chi connectivity index (χ1n) is 10.4. The molecule has 1 N–H and O–H groups in total. The Hall–Kier alpha value is -2.41. The third kappa shape index (κ3) is 2.98. The first-order valence-corrected chi connectivity index (χ1v) is 10.4. The molecule has 0 aliphatic carbocycles. The van der Waals surface area contributed by atoms with Crippen molar-refractivity contribution in [1.82, 2.24) is 24.8 Å². The van der Waals surface area contributed by atoms with Crippen molar-refractivity contribution in [2.45, 2.75) is 45.4 Å². The smallest absolute Gasteiger partial charge is 0.194 e. The molecule has 2 aromatic rings. The van der Waals surface area contributed by atoms with Gasteiger partial charge in [-0.3, -0.25) is 4.57 Å². The Morgan fingerprint density at radius 3 is 2.68 bits per heavy atom. The van der Waals surface area contributed by atoms with Crippen molar-refractivity contribution < 1.29 is 4.74 Å². The Bertz CT molecular complexity index is 859. The van der Waals surface area contributed by atoms with Gasteiger partial charge in [0.2, 0.25) is 0 Å². The molecule has 0 aromatic carbocycles. The van der Waals surface area contributed by atoms with Gasteiger partial charge in [0.15, 0.2) is 5.96 Å². The molecule has 4 unspecified atom stereocenters. The number of fused-ring (bicyclic) bond motifs is 5. The van der Waals surface area contributed by atoms with Crippen LogP contribution in [0.1, 0.15) is 31.2 Å². The minimum atomic E-state index is 0.469. The monoisotopic (exact) mass is 380 g/mol. The number of aliphatic imine (C=N–C) groups is 1. The summed E-state index contributed by atoms with van der Waals surface area (Å²) in [5.74, 6) is 4.18. The predicted octanol–water partition coefficient (Wildman–Crippen LogP) is 2.15. The zero-order valence-corrected chi connectivity index (χ0v) is 16.6. The van der Waals surface area contributed by atoms with E-state index in [2.05, 4.69) is 33.2 Å². The Morgan fingerprint density at radius 2 is 2.00 bits per heavy atom. The lowest BCUT2D eigenvalue weighted by molar-refractivity contribution is 0.0767. The van der Waals surface area contributed by atoms with E-state index in [1.54, 1.807) is 6.20 Å². The number of guanidine groups is 1. The first-order chi connectivity index (χ1) is 13.7. The van der Waals surface area contributed by atoms with Crippen LogP contribution in [0.25, 0.3) is 5.82 Å². The Labute approximate surface area is 165 Å². The van der Waals surface area contributed by atoms with Gasteiger partial charge in [-0.2, -0.15) is 0 Å². The summed E-state index contributed by atoms with van der Waals surface area (Å²) < 4.78 is 8.14. The van der Waals surface area contributed by atoms with E-state index in [4.69, 9.17) is 9.73 Å². The molecule has 3 fully saturated rings. The van der Waals surface area contributed by atoms with E-state index >= 15 is 0 Å². The summed E-state index contributed by atoms with van der Waals surface area (Å²) in [4.78, 5) is 16.3. The number of rotatable bonds is 4. The fourth-order valence-electron chi connectivity index (χ4n) is 5.09. The standard InChI is InChI=1S/C21H28N6O/c1-3-22-21(26-12-16-17(13-26)19-7-6-18(16)28-19)25-11-15-5-4-8-24-20(15)27-10-9-23-14(27)2/h4-5,8-10,16-19H,3,6-7,11-13H2,1-2H3,(H,22,25). The van der Waals surface area contributed by atoms with Gasteiger partial charge in [-0.05, 0) is 32.8 Å². The molecule has 4 atom stereocenters. The van der Waals surface area contributed by atoms with Crippen LogP contribution in [0.5, 0.6) is 0 Å². The Balaban J connectivity index is 1.37. The van der Waals surface area contributed by atoms with Crippen LogP contribution in [-0.4, -0.2) is 57.2 Å². The molecule has 3 saturated heterocycles. The van der Waals surface area contributed by atoms with Crippen LogP contribution < -0.4 is 5.32 Å². The summed E-state index contributed by atoms with van der Waals surface area (Å²) in [5, 5.41) is 3.50. The maximum atomic E-state index is 6.12. The highest BCUT2D eigenvalue weighted by atomic mass is 16.5. The van der Waals surface area contributed by atoms with Crippen molar-refractivity contribution in [2.75, 3.05) is 19.6 Å². The van der Waals surface area contributed by atoms with Gasteiger partial charge in [0.25, 0.3) is 0 Å². The van der Waals surface area contributed by atoms with E-state index in [1.165, 1.54) is 12.8 Å². The largest absolute Gasteiger partial charge is 0.374 e. The quantitative estimate of drug-likeness (QED) is 0.650. The summed E-state index contributed by atoms with van der Waals surface area (Å²) in [6.07, 6.45) is 8.99. The lowest BCUT2D eigenvalue weighted by atomic mass is 9.82. The van der Waals surface area contributed by atoms with Gasteiger partial charge in [-0.25, -0.2) is 15.0 Å². The third-order valence-corrected chi connectivity index (χ3v) is 6.41. The first kappa shape index (κ1) is 17.7. The summed E-state index contributed by atoms with van der Waals surface area (Å²) >= 11 is 0. The molecule has 2 bridgehead atoms. The summed E-state index contributed by atoms with van der Waals surface area (Å²) in [6, 6.07) is 4.07. The normalized spacial score (nSPS) is 28.8. The molecule has 7 heteroatoms. The summed E-state index contributed by atoms with van der Waals surface area (Å²) in [6.45, 7) is 7.69. The zero-order valence-electron chi connectivity index (χ0n) is 16.6. The van der Waals surface area contributed by atoms with Crippen molar-refractivity contribution in [3.8, 4) is 5.82 Å². The number of pyridine rings is 1. The van der Waals surface area contributed by atoms with Gasteiger partial charge in [-0.1, -0.05) is 6.07 Å². The molecule has 7 nitrogen and oxygen atoms in total. The second-order valence-corrected chi connectivity index (χ2v) is 8.02. The van der Waals surface area contributed by atoms with Crippen molar-refractivity contribution in [1.29, 1.82) is 0 Å².